The molecular weight excluding hydrogens is 249 g/mol. The van der Waals surface area contributed by atoms with E-state index in [9.17, 15) is 4.39 Å². The number of hydrogen-bond donors (Lipinski definition) is 2. The molecule has 0 unspecified atom stereocenters. The summed E-state index contributed by atoms with van der Waals surface area (Å²) in [5.74, 6) is -0.260. The lowest BCUT2D eigenvalue weighted by molar-refractivity contribution is 0.251. The molecule has 78 valence electrons. The van der Waals surface area contributed by atoms with Gasteiger partial charge in [0.2, 0.25) is 0 Å². The Morgan fingerprint density at radius 3 is 2.86 bits per heavy atom. The molecule has 0 bridgehead atoms. The summed E-state index contributed by atoms with van der Waals surface area (Å²) in [7, 11) is 0. The lowest BCUT2D eigenvalue weighted by atomic mass is 10.2. The summed E-state index contributed by atoms with van der Waals surface area (Å²) in [4.78, 5) is 0. The van der Waals surface area contributed by atoms with E-state index in [2.05, 4.69) is 21.2 Å². The molecule has 14 heavy (non-hydrogen) atoms. The number of aliphatic hydroxyl groups is 1. The fourth-order valence-electron chi connectivity index (χ4n) is 1.01. The van der Waals surface area contributed by atoms with E-state index in [0.29, 0.717) is 11.0 Å². The second kappa shape index (κ2) is 5.44. The highest BCUT2D eigenvalue weighted by Crippen LogP contribution is 2.16. The summed E-state index contributed by atoms with van der Waals surface area (Å²) in [6, 6.07) is 4.92. The topological polar surface area (TPSA) is 32.3 Å². The van der Waals surface area contributed by atoms with Crippen LogP contribution in [0.1, 0.15) is 12.5 Å². The van der Waals surface area contributed by atoms with E-state index in [1.54, 1.807) is 12.1 Å². The Morgan fingerprint density at radius 2 is 2.29 bits per heavy atom. The van der Waals surface area contributed by atoms with E-state index in [1.807, 2.05) is 6.92 Å². The lowest BCUT2D eigenvalue weighted by Crippen LogP contribution is -2.28. The van der Waals surface area contributed by atoms with Gasteiger partial charge in [0.1, 0.15) is 5.82 Å². The van der Waals surface area contributed by atoms with Crippen molar-refractivity contribution in [3.05, 3.63) is 34.1 Å². The van der Waals surface area contributed by atoms with Gasteiger partial charge in [0.25, 0.3) is 0 Å². The van der Waals surface area contributed by atoms with Crippen molar-refractivity contribution in [3.63, 3.8) is 0 Å². The highest BCUT2D eigenvalue weighted by Gasteiger charge is 2.02. The molecule has 2 N–H and O–H groups in total. The summed E-state index contributed by atoms with van der Waals surface area (Å²) in [6.07, 6.45) is 0. The van der Waals surface area contributed by atoms with Gasteiger partial charge in [0.05, 0.1) is 11.1 Å². The summed E-state index contributed by atoms with van der Waals surface area (Å²) < 4.78 is 13.3. The zero-order valence-corrected chi connectivity index (χ0v) is 9.51. The lowest BCUT2D eigenvalue weighted by Gasteiger charge is -2.10. The molecule has 0 spiro atoms. The number of hydrogen-bond acceptors (Lipinski definition) is 2. The molecule has 1 aromatic rings. The first kappa shape index (κ1) is 11.6. The third kappa shape index (κ3) is 3.36. The molecule has 4 heteroatoms. The van der Waals surface area contributed by atoms with Gasteiger partial charge >= 0.3 is 0 Å². The fourth-order valence-corrected chi connectivity index (χ4v) is 1.43. The molecule has 0 saturated carbocycles. The summed E-state index contributed by atoms with van der Waals surface area (Å²) in [5, 5.41) is 11.9. The van der Waals surface area contributed by atoms with Crippen LogP contribution in [0.2, 0.25) is 0 Å². The van der Waals surface area contributed by atoms with Crippen molar-refractivity contribution in [1.82, 2.24) is 5.32 Å². The van der Waals surface area contributed by atoms with E-state index in [1.165, 1.54) is 6.07 Å². The average molecular weight is 262 g/mol. The average Bonchev–Trinajstić information content (AvgIpc) is 2.19. The van der Waals surface area contributed by atoms with Gasteiger partial charge in [0, 0.05) is 12.6 Å². The van der Waals surface area contributed by atoms with Crippen LogP contribution in [0.15, 0.2) is 22.7 Å². The Morgan fingerprint density at radius 1 is 1.57 bits per heavy atom. The number of rotatable bonds is 4. The van der Waals surface area contributed by atoms with Crippen molar-refractivity contribution >= 4 is 15.9 Å². The summed E-state index contributed by atoms with van der Waals surface area (Å²) in [6.45, 7) is 2.61. The first-order chi connectivity index (χ1) is 6.63. The minimum absolute atomic E-state index is 0.0545. The largest absolute Gasteiger partial charge is 0.395 e. The molecule has 0 heterocycles. The van der Waals surface area contributed by atoms with Gasteiger partial charge in [-0.3, -0.25) is 0 Å². The maximum Gasteiger partial charge on any atom is 0.137 e. The van der Waals surface area contributed by atoms with E-state index < -0.39 is 0 Å². The smallest absolute Gasteiger partial charge is 0.137 e. The van der Waals surface area contributed by atoms with E-state index in [-0.39, 0.29) is 18.5 Å². The third-order valence-corrected chi connectivity index (χ3v) is 2.52. The van der Waals surface area contributed by atoms with Gasteiger partial charge in [0.15, 0.2) is 0 Å². The zero-order chi connectivity index (χ0) is 10.6. The Balaban J connectivity index is 2.55. The molecule has 1 rings (SSSR count). The van der Waals surface area contributed by atoms with Gasteiger partial charge in [-0.2, -0.15) is 0 Å². The van der Waals surface area contributed by atoms with Crippen molar-refractivity contribution < 1.29 is 9.50 Å². The minimum Gasteiger partial charge on any atom is -0.395 e. The Bertz CT molecular complexity index is 306. The van der Waals surface area contributed by atoms with Crippen molar-refractivity contribution in [3.8, 4) is 0 Å². The predicted octanol–water partition coefficient (Wildman–Crippen LogP) is 2.06. The molecule has 2 nitrogen and oxygen atoms in total. The normalized spacial score (nSPS) is 12.9. The second-order valence-electron chi connectivity index (χ2n) is 3.21. The molecule has 0 aliphatic carbocycles. The van der Waals surface area contributed by atoms with Crippen LogP contribution < -0.4 is 5.32 Å². The Labute approximate surface area is 91.3 Å². The molecule has 0 saturated heterocycles. The number of benzene rings is 1. The Hall–Kier alpha value is -0.450. The molecule has 0 aliphatic heterocycles. The van der Waals surface area contributed by atoms with Crippen LogP contribution in [0.4, 0.5) is 4.39 Å². The molecule has 0 aromatic heterocycles. The van der Waals surface area contributed by atoms with Crippen LogP contribution in [0.25, 0.3) is 0 Å². The van der Waals surface area contributed by atoms with Crippen LogP contribution in [0.5, 0.6) is 0 Å². The molecule has 0 fully saturated rings. The van der Waals surface area contributed by atoms with E-state index >= 15 is 0 Å². The van der Waals surface area contributed by atoms with Gasteiger partial charge in [-0.25, -0.2) is 4.39 Å². The third-order valence-electron chi connectivity index (χ3n) is 1.91. The van der Waals surface area contributed by atoms with Crippen LogP contribution in [0.3, 0.4) is 0 Å². The standard InChI is InChI=1S/C10H13BrFNO/c1-7(6-14)13-5-8-2-3-10(12)9(11)4-8/h2-4,7,13-14H,5-6H2,1H3/t7-/m1/s1. The predicted molar refractivity (Wildman–Crippen MR) is 57.5 cm³/mol. The van der Waals surface area contributed by atoms with E-state index in [0.717, 1.165) is 5.56 Å². The molecular formula is C10H13BrFNO. The number of nitrogens with one attached hydrogen (secondary N) is 1. The van der Waals surface area contributed by atoms with Crippen molar-refractivity contribution in [2.75, 3.05) is 6.61 Å². The zero-order valence-electron chi connectivity index (χ0n) is 7.93. The molecule has 0 amide bonds. The van der Waals surface area contributed by atoms with Gasteiger partial charge < -0.3 is 10.4 Å². The van der Waals surface area contributed by atoms with Gasteiger partial charge in [-0.05, 0) is 40.5 Å². The number of halogens is 2. The quantitative estimate of drug-likeness (QED) is 0.870. The minimum atomic E-state index is -0.260. The number of aliphatic hydroxyl groups excluding tert-OH is 1. The summed E-state index contributed by atoms with van der Waals surface area (Å²) in [5.41, 5.74) is 0.985. The van der Waals surface area contributed by atoms with Crippen molar-refractivity contribution in [1.29, 1.82) is 0 Å². The highest BCUT2D eigenvalue weighted by molar-refractivity contribution is 9.10. The second-order valence-corrected chi connectivity index (χ2v) is 4.07. The van der Waals surface area contributed by atoms with Crippen LogP contribution >= 0.6 is 15.9 Å². The molecule has 1 atom stereocenters. The van der Waals surface area contributed by atoms with Crippen LogP contribution in [-0.2, 0) is 6.54 Å². The van der Waals surface area contributed by atoms with Gasteiger partial charge in [-0.1, -0.05) is 6.07 Å². The van der Waals surface area contributed by atoms with Crippen LogP contribution in [0, 0.1) is 5.82 Å². The Kier molecular flexibility index (Phi) is 4.51. The monoisotopic (exact) mass is 261 g/mol. The highest BCUT2D eigenvalue weighted by atomic mass is 79.9. The first-order valence-electron chi connectivity index (χ1n) is 4.41. The maximum absolute atomic E-state index is 12.9. The van der Waals surface area contributed by atoms with Crippen LogP contribution in [-0.4, -0.2) is 17.8 Å². The van der Waals surface area contributed by atoms with E-state index in [4.69, 9.17) is 5.11 Å². The molecule has 0 aliphatic rings. The fraction of sp³-hybridized carbons (Fsp3) is 0.400. The molecule has 1 aromatic carbocycles. The van der Waals surface area contributed by atoms with Crippen molar-refractivity contribution in [2.24, 2.45) is 0 Å². The van der Waals surface area contributed by atoms with Gasteiger partial charge in [-0.15, -0.1) is 0 Å². The summed E-state index contributed by atoms with van der Waals surface area (Å²) >= 11 is 3.12. The SMILES string of the molecule is C[C@H](CO)NCc1ccc(F)c(Br)c1. The maximum atomic E-state index is 12.9. The molecule has 0 radical (unpaired) electrons. The first-order valence-corrected chi connectivity index (χ1v) is 5.21. The van der Waals surface area contributed by atoms with Crippen molar-refractivity contribution in [2.45, 2.75) is 19.5 Å².